The summed E-state index contributed by atoms with van der Waals surface area (Å²) in [5.41, 5.74) is 11.5. The van der Waals surface area contributed by atoms with E-state index < -0.39 is 0 Å². The molecule has 0 heterocycles. The van der Waals surface area contributed by atoms with Crippen molar-refractivity contribution in [3.8, 4) is 5.75 Å². The van der Waals surface area contributed by atoms with Crippen molar-refractivity contribution in [1.82, 2.24) is 5.32 Å². The van der Waals surface area contributed by atoms with E-state index in [1.54, 1.807) is 0 Å². The summed E-state index contributed by atoms with van der Waals surface area (Å²) in [6.45, 7) is 19.7. The zero-order valence-corrected chi connectivity index (χ0v) is 22.5. The highest BCUT2D eigenvalue weighted by Gasteiger charge is 2.26. The fourth-order valence-corrected chi connectivity index (χ4v) is 4.01. The molecular formula is C29H45N3O2. The zero-order valence-electron chi connectivity index (χ0n) is 22.5. The van der Waals surface area contributed by atoms with Crippen LogP contribution in [0.4, 0.5) is 11.4 Å². The van der Waals surface area contributed by atoms with Gasteiger partial charge in [0, 0.05) is 36.6 Å². The number of benzene rings is 2. The van der Waals surface area contributed by atoms with Crippen molar-refractivity contribution in [3.63, 3.8) is 0 Å². The van der Waals surface area contributed by atoms with Gasteiger partial charge in [-0.2, -0.15) is 0 Å². The Morgan fingerprint density at radius 3 is 2.26 bits per heavy atom. The number of carbonyl (C=O) groups excluding carboxylic acids is 1. The van der Waals surface area contributed by atoms with Gasteiger partial charge in [0.1, 0.15) is 5.75 Å². The van der Waals surface area contributed by atoms with Gasteiger partial charge in [-0.25, -0.2) is 0 Å². The first kappa shape index (κ1) is 27.6. The van der Waals surface area contributed by atoms with E-state index in [0.29, 0.717) is 6.54 Å². The average molecular weight is 468 g/mol. The van der Waals surface area contributed by atoms with Crippen molar-refractivity contribution >= 4 is 17.3 Å². The number of carbonyl (C=O) groups is 1. The number of ether oxygens (including phenoxy) is 1. The fourth-order valence-electron chi connectivity index (χ4n) is 4.01. The average Bonchev–Trinajstić information content (AvgIpc) is 2.80. The molecule has 188 valence electrons. The second kappa shape index (κ2) is 11.6. The maximum atomic E-state index is 12.6. The summed E-state index contributed by atoms with van der Waals surface area (Å²) < 4.78 is 6.05. The quantitative estimate of drug-likeness (QED) is 0.377. The molecular weight excluding hydrogens is 422 g/mol. The van der Waals surface area contributed by atoms with Crippen LogP contribution in [0.25, 0.3) is 0 Å². The minimum atomic E-state index is -0.108. The predicted octanol–water partition coefficient (Wildman–Crippen LogP) is 5.97. The summed E-state index contributed by atoms with van der Waals surface area (Å²) in [5, 5.41) is 3.00. The van der Waals surface area contributed by atoms with E-state index in [0.717, 1.165) is 54.2 Å². The van der Waals surface area contributed by atoms with Gasteiger partial charge in [0.05, 0.1) is 0 Å². The normalized spacial score (nSPS) is 11.9. The number of nitrogen functional groups attached to an aromatic ring is 1. The Balaban J connectivity index is 2.02. The number of nitrogens with one attached hydrogen (secondary N) is 1. The standard InChI is InChI=1S/C29H45N3O2/c1-9-28(5,6)22-12-15-26(24(19-22)29(7,8)10-2)34-20-27(33)31-16-17-32(11-3)25-14-13-23(30)18-21(25)4/h12-15,18-19H,9-11,16-17,20,30H2,1-8H3,(H,31,33). The number of hydrogen-bond acceptors (Lipinski definition) is 4. The van der Waals surface area contributed by atoms with Gasteiger partial charge >= 0.3 is 0 Å². The smallest absolute Gasteiger partial charge is 0.258 e. The van der Waals surface area contributed by atoms with Gasteiger partial charge in [0.15, 0.2) is 6.61 Å². The van der Waals surface area contributed by atoms with Crippen LogP contribution >= 0.6 is 0 Å². The lowest BCUT2D eigenvalue weighted by Gasteiger charge is -2.30. The fraction of sp³-hybridized carbons (Fsp3) is 0.552. The van der Waals surface area contributed by atoms with Gasteiger partial charge in [0.2, 0.25) is 0 Å². The highest BCUT2D eigenvalue weighted by atomic mass is 16.5. The number of rotatable bonds is 12. The summed E-state index contributed by atoms with van der Waals surface area (Å²) in [6.07, 6.45) is 2.05. The topological polar surface area (TPSA) is 67.6 Å². The van der Waals surface area contributed by atoms with Crippen LogP contribution in [0.2, 0.25) is 0 Å². The van der Waals surface area contributed by atoms with Crippen molar-refractivity contribution in [2.24, 2.45) is 0 Å². The lowest BCUT2D eigenvalue weighted by atomic mass is 9.76. The van der Waals surface area contributed by atoms with E-state index in [-0.39, 0.29) is 23.3 Å². The third kappa shape index (κ3) is 6.91. The van der Waals surface area contributed by atoms with Crippen LogP contribution in [0, 0.1) is 6.92 Å². The lowest BCUT2D eigenvalue weighted by Crippen LogP contribution is -2.37. The Hall–Kier alpha value is -2.69. The molecule has 5 heteroatoms. The Labute approximate surface area is 207 Å². The molecule has 0 saturated heterocycles. The highest BCUT2D eigenvalue weighted by Crippen LogP contribution is 2.38. The summed E-state index contributed by atoms with van der Waals surface area (Å²) in [5.74, 6) is 0.689. The molecule has 0 unspecified atom stereocenters. The molecule has 2 rings (SSSR count). The molecule has 0 radical (unpaired) electrons. The molecule has 3 N–H and O–H groups in total. The number of nitrogens with zero attached hydrogens (tertiary/aromatic N) is 1. The number of hydrogen-bond donors (Lipinski definition) is 2. The highest BCUT2D eigenvalue weighted by molar-refractivity contribution is 5.77. The van der Waals surface area contributed by atoms with E-state index in [1.165, 1.54) is 5.56 Å². The van der Waals surface area contributed by atoms with Crippen LogP contribution in [0.3, 0.4) is 0 Å². The van der Waals surface area contributed by atoms with Crippen LogP contribution < -0.4 is 20.7 Å². The van der Waals surface area contributed by atoms with Gasteiger partial charge in [-0.05, 0) is 72.9 Å². The SMILES string of the molecule is CCN(CCNC(=O)COc1ccc(C(C)(C)CC)cc1C(C)(C)CC)c1ccc(N)cc1C. The Kier molecular flexibility index (Phi) is 9.43. The maximum absolute atomic E-state index is 12.6. The number of likely N-dealkylation sites (N-methyl/N-ethyl adjacent to an activating group) is 1. The molecule has 0 spiro atoms. The van der Waals surface area contributed by atoms with Crippen LogP contribution in [0.5, 0.6) is 5.75 Å². The molecule has 0 saturated carbocycles. The van der Waals surface area contributed by atoms with Crippen molar-refractivity contribution in [2.45, 2.75) is 79.1 Å². The summed E-state index contributed by atoms with van der Waals surface area (Å²) in [4.78, 5) is 14.8. The molecule has 0 aromatic heterocycles. The number of aryl methyl sites for hydroxylation is 1. The monoisotopic (exact) mass is 467 g/mol. The van der Waals surface area contributed by atoms with Crippen molar-refractivity contribution in [3.05, 3.63) is 53.1 Å². The minimum absolute atomic E-state index is 0.0103. The molecule has 0 bridgehead atoms. The van der Waals surface area contributed by atoms with Gasteiger partial charge in [-0.3, -0.25) is 4.79 Å². The second-order valence-corrected chi connectivity index (χ2v) is 10.5. The molecule has 34 heavy (non-hydrogen) atoms. The predicted molar refractivity (Wildman–Crippen MR) is 145 cm³/mol. The molecule has 2 aromatic rings. The third-order valence-corrected chi connectivity index (χ3v) is 7.26. The maximum Gasteiger partial charge on any atom is 0.258 e. The van der Waals surface area contributed by atoms with E-state index in [4.69, 9.17) is 10.5 Å². The van der Waals surface area contributed by atoms with Crippen molar-refractivity contribution in [2.75, 3.05) is 36.9 Å². The molecule has 0 atom stereocenters. The number of anilines is 2. The molecule has 0 aliphatic rings. The van der Waals surface area contributed by atoms with Gasteiger partial charge in [0.25, 0.3) is 5.91 Å². The Morgan fingerprint density at radius 1 is 1.00 bits per heavy atom. The first-order valence-corrected chi connectivity index (χ1v) is 12.6. The van der Waals surface area contributed by atoms with E-state index in [2.05, 4.69) is 77.7 Å². The van der Waals surface area contributed by atoms with E-state index in [9.17, 15) is 4.79 Å². The first-order chi connectivity index (χ1) is 15.9. The van der Waals surface area contributed by atoms with E-state index >= 15 is 0 Å². The lowest BCUT2D eigenvalue weighted by molar-refractivity contribution is -0.123. The van der Waals surface area contributed by atoms with Gasteiger partial charge in [-0.15, -0.1) is 0 Å². The molecule has 0 aliphatic carbocycles. The van der Waals surface area contributed by atoms with Crippen LogP contribution in [0.1, 0.15) is 78.0 Å². The van der Waals surface area contributed by atoms with Gasteiger partial charge in [-0.1, -0.05) is 53.7 Å². The first-order valence-electron chi connectivity index (χ1n) is 12.6. The van der Waals surface area contributed by atoms with Crippen molar-refractivity contribution < 1.29 is 9.53 Å². The van der Waals surface area contributed by atoms with E-state index in [1.807, 2.05) is 24.3 Å². The van der Waals surface area contributed by atoms with Crippen LogP contribution in [0.15, 0.2) is 36.4 Å². The van der Waals surface area contributed by atoms with Gasteiger partial charge < -0.3 is 20.7 Å². The summed E-state index contributed by atoms with van der Waals surface area (Å²) in [7, 11) is 0. The molecule has 0 aliphatic heterocycles. The Bertz CT molecular complexity index is 966. The van der Waals surface area contributed by atoms with Crippen LogP contribution in [-0.2, 0) is 15.6 Å². The van der Waals surface area contributed by atoms with Crippen LogP contribution in [-0.4, -0.2) is 32.1 Å². The molecule has 5 nitrogen and oxygen atoms in total. The summed E-state index contributed by atoms with van der Waals surface area (Å²) in [6, 6.07) is 12.4. The number of amides is 1. The van der Waals surface area contributed by atoms with Crippen molar-refractivity contribution in [1.29, 1.82) is 0 Å². The molecule has 2 aromatic carbocycles. The zero-order chi connectivity index (χ0) is 25.5. The third-order valence-electron chi connectivity index (χ3n) is 7.26. The largest absolute Gasteiger partial charge is 0.483 e. The molecule has 0 fully saturated rings. The Morgan fingerprint density at radius 2 is 1.68 bits per heavy atom. The number of nitrogens with two attached hydrogens (primary N) is 1. The molecule has 1 amide bonds. The second-order valence-electron chi connectivity index (χ2n) is 10.5. The summed E-state index contributed by atoms with van der Waals surface area (Å²) >= 11 is 0. The minimum Gasteiger partial charge on any atom is -0.483 e.